The normalized spacial score (nSPS) is 11.4. The predicted octanol–water partition coefficient (Wildman–Crippen LogP) is 1.57. The Balaban J connectivity index is 3.21. The highest BCUT2D eigenvalue weighted by molar-refractivity contribution is 7.89. The molecule has 0 radical (unpaired) electrons. The Hall–Kier alpha value is -1.22. The van der Waals surface area contributed by atoms with E-state index in [0.717, 1.165) is 0 Å². The molecule has 0 unspecified atom stereocenters. The van der Waals surface area contributed by atoms with Gasteiger partial charge in [-0.15, -0.1) is 6.42 Å². The molecule has 0 saturated heterocycles. The molecule has 0 aliphatic heterocycles. The number of hydrogen-bond donors (Lipinski definition) is 1. The smallest absolute Gasteiger partial charge is 0.244 e. The number of benzene rings is 1. The molecule has 1 rings (SSSR count). The first kappa shape index (κ1) is 13.8. The van der Waals surface area contributed by atoms with Crippen molar-refractivity contribution in [1.82, 2.24) is 4.31 Å². The Morgan fingerprint density at radius 2 is 2.18 bits per heavy atom. The molecule has 0 atom stereocenters. The fraction of sp³-hybridized carbons (Fsp3) is 0.273. The average Bonchev–Trinajstić information content (AvgIpc) is 2.29. The molecule has 0 spiro atoms. The molecule has 6 heteroatoms. The van der Waals surface area contributed by atoms with Gasteiger partial charge in [0.05, 0.1) is 22.2 Å². The number of anilines is 1. The minimum absolute atomic E-state index is 0.0291. The van der Waals surface area contributed by atoms with Gasteiger partial charge in [0, 0.05) is 6.54 Å². The van der Waals surface area contributed by atoms with Gasteiger partial charge in [-0.1, -0.05) is 24.4 Å². The van der Waals surface area contributed by atoms with Crippen molar-refractivity contribution in [2.24, 2.45) is 0 Å². The van der Waals surface area contributed by atoms with E-state index in [1.165, 1.54) is 22.5 Å². The molecule has 0 bridgehead atoms. The highest BCUT2D eigenvalue weighted by Crippen LogP contribution is 2.24. The summed E-state index contributed by atoms with van der Waals surface area (Å²) in [5, 5.41) is 0.323. The summed E-state index contributed by atoms with van der Waals surface area (Å²) in [6.45, 7) is 2.05. The lowest BCUT2D eigenvalue weighted by atomic mass is 10.3. The van der Waals surface area contributed by atoms with Gasteiger partial charge < -0.3 is 5.73 Å². The van der Waals surface area contributed by atoms with Crippen LogP contribution >= 0.6 is 11.6 Å². The Morgan fingerprint density at radius 3 is 2.65 bits per heavy atom. The Kier molecular flexibility index (Phi) is 4.40. The average molecular weight is 273 g/mol. The lowest BCUT2D eigenvalue weighted by Gasteiger charge is -2.18. The molecule has 0 aliphatic rings. The molecule has 2 N–H and O–H groups in total. The van der Waals surface area contributed by atoms with Gasteiger partial charge >= 0.3 is 0 Å². The standard InChI is InChI=1S/C11H13ClN2O2S/c1-3-7-14(4-2)17(15,16)9-5-6-10(12)11(13)8-9/h1,5-6,8H,4,7,13H2,2H3. The minimum Gasteiger partial charge on any atom is -0.397 e. The molecule has 0 heterocycles. The highest BCUT2D eigenvalue weighted by Gasteiger charge is 2.22. The van der Waals surface area contributed by atoms with Crippen LogP contribution in [0.4, 0.5) is 5.69 Å². The third kappa shape index (κ3) is 2.91. The van der Waals surface area contributed by atoms with Crippen LogP contribution in [0.1, 0.15) is 6.92 Å². The molecule has 4 nitrogen and oxygen atoms in total. The minimum atomic E-state index is -3.60. The zero-order chi connectivity index (χ0) is 13.1. The Bertz CT molecular complexity index is 549. The summed E-state index contributed by atoms with van der Waals surface area (Å²) in [6.07, 6.45) is 5.13. The van der Waals surface area contributed by atoms with Crippen LogP contribution < -0.4 is 5.73 Å². The van der Waals surface area contributed by atoms with Gasteiger partial charge in [-0.3, -0.25) is 0 Å². The number of hydrogen-bond acceptors (Lipinski definition) is 3. The van der Waals surface area contributed by atoms with E-state index in [9.17, 15) is 8.42 Å². The van der Waals surface area contributed by atoms with Gasteiger partial charge in [0.2, 0.25) is 10.0 Å². The Labute approximate surface area is 106 Å². The molecule has 1 aromatic carbocycles. The molecule has 0 amide bonds. The second-order valence-corrected chi connectivity index (χ2v) is 5.66. The van der Waals surface area contributed by atoms with Crippen LogP contribution in [0.5, 0.6) is 0 Å². The van der Waals surface area contributed by atoms with Crippen molar-refractivity contribution < 1.29 is 8.42 Å². The van der Waals surface area contributed by atoms with Crippen molar-refractivity contribution in [2.45, 2.75) is 11.8 Å². The number of nitrogen functional groups attached to an aromatic ring is 1. The number of rotatable bonds is 4. The molecular formula is C11H13ClN2O2S. The molecule has 1 aromatic rings. The number of sulfonamides is 1. The summed E-state index contributed by atoms with van der Waals surface area (Å²) in [5.74, 6) is 2.31. The first-order chi connectivity index (χ1) is 7.93. The maximum atomic E-state index is 12.1. The van der Waals surface area contributed by atoms with Gasteiger partial charge in [-0.2, -0.15) is 4.31 Å². The van der Waals surface area contributed by atoms with Crippen molar-refractivity contribution in [1.29, 1.82) is 0 Å². The van der Waals surface area contributed by atoms with Gasteiger partial charge in [-0.25, -0.2) is 8.42 Å². The number of nitrogens with zero attached hydrogens (tertiary/aromatic N) is 1. The quantitative estimate of drug-likeness (QED) is 0.668. The fourth-order valence-electron chi connectivity index (χ4n) is 1.30. The second kappa shape index (κ2) is 5.41. The lowest BCUT2D eigenvalue weighted by Crippen LogP contribution is -2.31. The van der Waals surface area contributed by atoms with E-state index in [1.807, 2.05) is 0 Å². The third-order valence-corrected chi connectivity index (χ3v) is 4.49. The zero-order valence-corrected chi connectivity index (χ0v) is 10.9. The maximum absolute atomic E-state index is 12.1. The van der Waals surface area contributed by atoms with Crippen molar-refractivity contribution in [2.75, 3.05) is 18.8 Å². The maximum Gasteiger partial charge on any atom is 0.244 e. The van der Waals surface area contributed by atoms with Crippen molar-refractivity contribution in [3.63, 3.8) is 0 Å². The van der Waals surface area contributed by atoms with Crippen LogP contribution in [-0.2, 0) is 10.0 Å². The van der Waals surface area contributed by atoms with Crippen molar-refractivity contribution in [3.8, 4) is 12.3 Å². The summed E-state index contributed by atoms with van der Waals surface area (Å²) in [4.78, 5) is 0.0940. The fourth-order valence-corrected chi connectivity index (χ4v) is 2.82. The summed E-state index contributed by atoms with van der Waals surface area (Å²) < 4.78 is 25.5. The molecule has 0 fully saturated rings. The summed E-state index contributed by atoms with van der Waals surface area (Å²) in [7, 11) is -3.60. The van der Waals surface area contributed by atoms with Crippen LogP contribution in [0, 0.1) is 12.3 Å². The number of terminal acetylenes is 1. The molecule has 92 valence electrons. The van der Waals surface area contributed by atoms with Crippen LogP contribution in [-0.4, -0.2) is 25.8 Å². The van der Waals surface area contributed by atoms with Crippen LogP contribution in [0.15, 0.2) is 23.1 Å². The summed E-state index contributed by atoms with van der Waals surface area (Å²) >= 11 is 5.74. The van der Waals surface area contributed by atoms with Gasteiger partial charge in [-0.05, 0) is 18.2 Å². The SMILES string of the molecule is C#CCN(CC)S(=O)(=O)c1ccc(Cl)c(N)c1. The number of halogens is 1. The topological polar surface area (TPSA) is 63.4 Å². The van der Waals surface area contributed by atoms with Crippen molar-refractivity contribution >= 4 is 27.3 Å². The first-order valence-electron chi connectivity index (χ1n) is 4.92. The molecule has 0 aromatic heterocycles. The van der Waals surface area contributed by atoms with Crippen LogP contribution in [0.25, 0.3) is 0 Å². The van der Waals surface area contributed by atoms with E-state index < -0.39 is 10.0 Å². The van der Waals surface area contributed by atoms with E-state index in [1.54, 1.807) is 6.92 Å². The molecule has 0 aliphatic carbocycles. The largest absolute Gasteiger partial charge is 0.397 e. The van der Waals surface area contributed by atoms with E-state index in [4.69, 9.17) is 23.8 Å². The van der Waals surface area contributed by atoms with Crippen molar-refractivity contribution in [3.05, 3.63) is 23.2 Å². The summed E-state index contributed by atoms with van der Waals surface area (Å²) in [5.41, 5.74) is 5.80. The van der Waals surface area contributed by atoms with E-state index >= 15 is 0 Å². The lowest BCUT2D eigenvalue weighted by molar-refractivity contribution is 0.464. The van der Waals surface area contributed by atoms with E-state index in [0.29, 0.717) is 11.6 Å². The Morgan fingerprint density at radius 1 is 1.53 bits per heavy atom. The van der Waals surface area contributed by atoms with Gasteiger partial charge in [0.1, 0.15) is 0 Å². The molecular weight excluding hydrogens is 260 g/mol. The molecule has 0 saturated carbocycles. The predicted molar refractivity (Wildman–Crippen MR) is 69.1 cm³/mol. The second-order valence-electron chi connectivity index (χ2n) is 3.32. The third-order valence-electron chi connectivity index (χ3n) is 2.23. The zero-order valence-electron chi connectivity index (χ0n) is 9.35. The number of nitrogens with two attached hydrogens (primary N) is 1. The summed E-state index contributed by atoms with van der Waals surface area (Å²) in [6, 6.07) is 4.19. The van der Waals surface area contributed by atoms with E-state index in [2.05, 4.69) is 5.92 Å². The first-order valence-corrected chi connectivity index (χ1v) is 6.74. The van der Waals surface area contributed by atoms with Gasteiger partial charge in [0.15, 0.2) is 0 Å². The molecule has 17 heavy (non-hydrogen) atoms. The van der Waals surface area contributed by atoms with Gasteiger partial charge in [0.25, 0.3) is 0 Å². The van der Waals surface area contributed by atoms with Crippen LogP contribution in [0.3, 0.4) is 0 Å². The van der Waals surface area contributed by atoms with Crippen LogP contribution in [0.2, 0.25) is 5.02 Å². The highest BCUT2D eigenvalue weighted by atomic mass is 35.5. The monoisotopic (exact) mass is 272 g/mol. The van der Waals surface area contributed by atoms with E-state index in [-0.39, 0.29) is 17.1 Å².